The normalized spacial score (nSPS) is 21.7. The molecule has 164 valence electrons. The fourth-order valence-electron chi connectivity index (χ4n) is 4.64. The van der Waals surface area contributed by atoms with Gasteiger partial charge in [0.25, 0.3) is 0 Å². The summed E-state index contributed by atoms with van der Waals surface area (Å²) in [5.74, 6) is 1.08. The Morgan fingerprint density at radius 2 is 1.77 bits per heavy atom. The number of nitrogens with one attached hydrogen (secondary N) is 1. The van der Waals surface area contributed by atoms with Crippen LogP contribution in [0.1, 0.15) is 46.0 Å². The third kappa shape index (κ3) is 3.91. The second-order valence-corrected chi connectivity index (χ2v) is 9.70. The molecule has 0 bridgehead atoms. The lowest BCUT2D eigenvalue weighted by atomic mass is 9.97. The van der Waals surface area contributed by atoms with E-state index in [9.17, 15) is 9.59 Å². The van der Waals surface area contributed by atoms with Gasteiger partial charge in [0.2, 0.25) is 17.6 Å². The SMILES string of the molecule is C[C@@H]1CCC[C@H](C)N1C(=O)Cn1c2ccccc2n2c(SCC(=O)NC3CC3)nnc12. The van der Waals surface area contributed by atoms with Crippen LogP contribution in [0.5, 0.6) is 0 Å². The number of carbonyl (C=O) groups is 2. The summed E-state index contributed by atoms with van der Waals surface area (Å²) in [5.41, 5.74) is 1.89. The van der Waals surface area contributed by atoms with E-state index in [1.54, 1.807) is 0 Å². The fourth-order valence-corrected chi connectivity index (χ4v) is 5.39. The van der Waals surface area contributed by atoms with E-state index in [1.165, 1.54) is 18.2 Å². The molecule has 31 heavy (non-hydrogen) atoms. The molecular weight excluding hydrogens is 412 g/mol. The van der Waals surface area contributed by atoms with Crippen LogP contribution >= 0.6 is 11.8 Å². The number of imidazole rings is 1. The first-order chi connectivity index (χ1) is 15.0. The Hall–Kier alpha value is -2.55. The Morgan fingerprint density at radius 3 is 2.48 bits per heavy atom. The summed E-state index contributed by atoms with van der Waals surface area (Å²) in [6.07, 6.45) is 5.41. The first kappa shape index (κ1) is 20.4. The molecule has 1 saturated carbocycles. The second kappa shape index (κ2) is 8.18. The average molecular weight is 441 g/mol. The molecule has 3 heterocycles. The molecular formula is C22H28N6O2S. The molecule has 0 unspecified atom stereocenters. The first-order valence-electron chi connectivity index (χ1n) is 11.1. The van der Waals surface area contributed by atoms with Crippen molar-refractivity contribution in [1.82, 2.24) is 29.4 Å². The number of piperidine rings is 1. The summed E-state index contributed by atoms with van der Waals surface area (Å²) in [4.78, 5) is 27.5. The molecule has 2 amide bonds. The van der Waals surface area contributed by atoms with Crippen molar-refractivity contribution in [2.24, 2.45) is 0 Å². The van der Waals surface area contributed by atoms with Crippen LogP contribution in [-0.2, 0) is 16.1 Å². The Bertz CT molecular complexity index is 1120. The summed E-state index contributed by atoms with van der Waals surface area (Å²) in [5, 5.41) is 12.4. The van der Waals surface area contributed by atoms with Gasteiger partial charge in [-0.05, 0) is 58.1 Å². The number of aromatic nitrogens is 4. The lowest BCUT2D eigenvalue weighted by Crippen LogP contribution is -2.48. The van der Waals surface area contributed by atoms with E-state index in [4.69, 9.17) is 0 Å². The zero-order valence-electron chi connectivity index (χ0n) is 18.0. The van der Waals surface area contributed by atoms with E-state index in [1.807, 2.05) is 38.1 Å². The number of para-hydroxylation sites is 2. The van der Waals surface area contributed by atoms with Gasteiger partial charge in [-0.1, -0.05) is 23.9 Å². The van der Waals surface area contributed by atoms with Gasteiger partial charge < -0.3 is 10.2 Å². The monoisotopic (exact) mass is 440 g/mol. The predicted molar refractivity (Wildman–Crippen MR) is 120 cm³/mol. The van der Waals surface area contributed by atoms with Gasteiger partial charge in [-0.15, -0.1) is 10.2 Å². The average Bonchev–Trinajstić information content (AvgIpc) is 3.37. The molecule has 2 atom stereocenters. The van der Waals surface area contributed by atoms with Gasteiger partial charge >= 0.3 is 0 Å². The van der Waals surface area contributed by atoms with Gasteiger partial charge in [-0.3, -0.25) is 18.6 Å². The number of amides is 2. The number of thioether (sulfide) groups is 1. The summed E-state index contributed by atoms with van der Waals surface area (Å²) >= 11 is 1.38. The molecule has 2 fully saturated rings. The molecule has 1 aliphatic heterocycles. The van der Waals surface area contributed by atoms with Crippen molar-refractivity contribution in [2.45, 2.75) is 75.8 Å². The van der Waals surface area contributed by atoms with E-state index in [0.29, 0.717) is 22.7 Å². The maximum Gasteiger partial charge on any atom is 0.243 e. The van der Waals surface area contributed by atoms with Gasteiger partial charge in [0, 0.05) is 18.1 Å². The van der Waals surface area contributed by atoms with Crippen LogP contribution in [0.15, 0.2) is 29.4 Å². The molecule has 3 aromatic rings. The standard InChI is InChI=1S/C22H28N6O2S/c1-14-6-5-7-15(2)27(14)20(30)12-26-17-8-3-4-9-18(17)28-21(26)24-25-22(28)31-13-19(29)23-16-10-11-16/h3-4,8-9,14-16H,5-7,10-13H2,1-2H3,(H,23,29)/t14-,15+. The first-order valence-corrected chi connectivity index (χ1v) is 12.1. The summed E-state index contributed by atoms with van der Waals surface area (Å²) < 4.78 is 3.91. The number of hydrogen-bond acceptors (Lipinski definition) is 5. The van der Waals surface area contributed by atoms with E-state index >= 15 is 0 Å². The van der Waals surface area contributed by atoms with Crippen LogP contribution in [0, 0.1) is 0 Å². The van der Waals surface area contributed by atoms with Gasteiger partial charge in [-0.2, -0.15) is 0 Å². The van der Waals surface area contributed by atoms with Crippen molar-refractivity contribution in [2.75, 3.05) is 5.75 Å². The molecule has 1 N–H and O–H groups in total. The minimum atomic E-state index is 0.0243. The van der Waals surface area contributed by atoms with Crippen molar-refractivity contribution in [1.29, 1.82) is 0 Å². The lowest BCUT2D eigenvalue weighted by Gasteiger charge is -2.39. The van der Waals surface area contributed by atoms with Gasteiger partial charge in [0.05, 0.1) is 16.8 Å². The zero-order valence-corrected chi connectivity index (χ0v) is 18.8. The number of hydrogen-bond donors (Lipinski definition) is 1. The summed E-state index contributed by atoms with van der Waals surface area (Å²) in [7, 11) is 0. The van der Waals surface area contributed by atoms with E-state index < -0.39 is 0 Å². The second-order valence-electron chi connectivity index (χ2n) is 8.75. The maximum absolute atomic E-state index is 13.3. The molecule has 9 heteroatoms. The Balaban J connectivity index is 1.44. The lowest BCUT2D eigenvalue weighted by molar-refractivity contribution is -0.137. The number of likely N-dealkylation sites (tertiary alicyclic amines) is 1. The van der Waals surface area contributed by atoms with Crippen molar-refractivity contribution >= 4 is 40.4 Å². The van der Waals surface area contributed by atoms with Crippen LogP contribution in [-0.4, -0.2) is 59.8 Å². The molecule has 1 aliphatic carbocycles. The summed E-state index contributed by atoms with van der Waals surface area (Å²) in [6.45, 7) is 4.50. The van der Waals surface area contributed by atoms with Crippen LogP contribution in [0.2, 0.25) is 0 Å². The van der Waals surface area contributed by atoms with E-state index in [2.05, 4.69) is 29.4 Å². The van der Waals surface area contributed by atoms with Crippen LogP contribution in [0.25, 0.3) is 16.8 Å². The molecule has 0 spiro atoms. The van der Waals surface area contributed by atoms with Crippen molar-refractivity contribution in [3.63, 3.8) is 0 Å². The number of rotatable bonds is 6. The van der Waals surface area contributed by atoms with Gasteiger partial charge in [0.15, 0.2) is 5.16 Å². The molecule has 2 aliphatic rings. The number of nitrogens with zero attached hydrogens (tertiary/aromatic N) is 5. The minimum Gasteiger partial charge on any atom is -0.353 e. The Kier molecular flexibility index (Phi) is 5.37. The molecule has 1 saturated heterocycles. The highest BCUT2D eigenvalue weighted by molar-refractivity contribution is 7.99. The minimum absolute atomic E-state index is 0.0243. The molecule has 5 rings (SSSR count). The Labute approximate surface area is 185 Å². The number of carbonyl (C=O) groups excluding carboxylic acids is 2. The fraction of sp³-hybridized carbons (Fsp3) is 0.545. The molecule has 0 radical (unpaired) electrons. The van der Waals surface area contributed by atoms with Gasteiger partial charge in [-0.25, -0.2) is 0 Å². The molecule has 8 nitrogen and oxygen atoms in total. The molecule has 2 aromatic heterocycles. The number of fused-ring (bicyclic) bond motifs is 3. The molecule has 1 aromatic carbocycles. The number of benzene rings is 1. The Morgan fingerprint density at radius 1 is 1.06 bits per heavy atom. The van der Waals surface area contributed by atoms with Crippen molar-refractivity contribution < 1.29 is 9.59 Å². The smallest absolute Gasteiger partial charge is 0.243 e. The zero-order chi connectivity index (χ0) is 21.5. The predicted octanol–water partition coefficient (Wildman–Crippen LogP) is 2.84. The largest absolute Gasteiger partial charge is 0.353 e. The van der Waals surface area contributed by atoms with Gasteiger partial charge in [0.1, 0.15) is 6.54 Å². The van der Waals surface area contributed by atoms with E-state index in [-0.39, 0.29) is 30.4 Å². The summed E-state index contributed by atoms with van der Waals surface area (Å²) in [6, 6.07) is 8.81. The highest BCUT2D eigenvalue weighted by Gasteiger charge is 2.30. The van der Waals surface area contributed by atoms with Crippen LogP contribution in [0.4, 0.5) is 0 Å². The van der Waals surface area contributed by atoms with Crippen molar-refractivity contribution in [3.05, 3.63) is 24.3 Å². The van der Waals surface area contributed by atoms with Crippen LogP contribution in [0.3, 0.4) is 0 Å². The highest BCUT2D eigenvalue weighted by atomic mass is 32.2. The quantitative estimate of drug-likeness (QED) is 0.596. The maximum atomic E-state index is 13.3. The topological polar surface area (TPSA) is 84.5 Å². The third-order valence-corrected chi connectivity index (χ3v) is 7.25. The third-order valence-electron chi connectivity index (χ3n) is 6.32. The van der Waals surface area contributed by atoms with Crippen LogP contribution < -0.4 is 5.32 Å². The van der Waals surface area contributed by atoms with E-state index in [0.717, 1.165) is 36.7 Å². The highest BCUT2D eigenvalue weighted by Crippen LogP contribution is 2.28. The van der Waals surface area contributed by atoms with Crippen molar-refractivity contribution in [3.8, 4) is 0 Å².